The van der Waals surface area contributed by atoms with Crippen molar-refractivity contribution in [2.24, 2.45) is 0 Å². The standard InChI is InChI=1S/C17H14N2O4/c1-11(23-17(22)12-6-8-14(20)9-7-12)16(21)19-15-5-3-2-4-13(15)10-18/h2-9,11,20H,1H3,(H,19,21)/t11-/m0/s1. The van der Waals surface area contributed by atoms with Crippen LogP contribution < -0.4 is 5.32 Å². The largest absolute Gasteiger partial charge is 0.508 e. The van der Waals surface area contributed by atoms with Gasteiger partial charge in [0.2, 0.25) is 0 Å². The fourth-order valence-corrected chi connectivity index (χ4v) is 1.80. The summed E-state index contributed by atoms with van der Waals surface area (Å²) in [7, 11) is 0. The number of benzene rings is 2. The topological polar surface area (TPSA) is 99.4 Å². The van der Waals surface area contributed by atoms with Crippen LogP contribution in [0.15, 0.2) is 48.5 Å². The third-order valence-corrected chi connectivity index (χ3v) is 3.06. The highest BCUT2D eigenvalue weighted by atomic mass is 16.5. The number of aromatic hydroxyl groups is 1. The third-order valence-electron chi connectivity index (χ3n) is 3.06. The minimum atomic E-state index is -1.04. The number of hydrogen-bond acceptors (Lipinski definition) is 5. The average Bonchev–Trinajstić information content (AvgIpc) is 2.55. The number of hydrogen-bond donors (Lipinski definition) is 2. The number of nitriles is 1. The lowest BCUT2D eigenvalue weighted by Gasteiger charge is -2.14. The summed E-state index contributed by atoms with van der Waals surface area (Å²) in [5.41, 5.74) is 0.894. The zero-order valence-corrected chi connectivity index (χ0v) is 12.3. The number of nitrogens with zero attached hydrogens (tertiary/aromatic N) is 1. The second kappa shape index (κ2) is 7.09. The molecule has 1 amide bonds. The second-order valence-corrected chi connectivity index (χ2v) is 4.74. The lowest BCUT2D eigenvalue weighted by atomic mass is 10.2. The zero-order chi connectivity index (χ0) is 16.8. The van der Waals surface area contributed by atoms with E-state index < -0.39 is 18.0 Å². The summed E-state index contributed by atoms with van der Waals surface area (Å²) >= 11 is 0. The van der Waals surface area contributed by atoms with Gasteiger partial charge in [-0.15, -0.1) is 0 Å². The maximum Gasteiger partial charge on any atom is 0.338 e. The van der Waals surface area contributed by atoms with E-state index in [1.807, 2.05) is 6.07 Å². The van der Waals surface area contributed by atoms with Gasteiger partial charge in [0.05, 0.1) is 16.8 Å². The zero-order valence-electron chi connectivity index (χ0n) is 12.3. The summed E-state index contributed by atoms with van der Waals surface area (Å²) in [5.74, 6) is -1.19. The molecule has 0 aromatic heterocycles. The highest BCUT2D eigenvalue weighted by molar-refractivity contribution is 5.98. The minimum absolute atomic E-state index is 0.0282. The van der Waals surface area contributed by atoms with Crippen molar-refractivity contribution < 1.29 is 19.4 Å². The molecule has 2 aromatic rings. The number of amides is 1. The molecule has 2 rings (SSSR count). The predicted molar refractivity (Wildman–Crippen MR) is 82.8 cm³/mol. The molecule has 6 nitrogen and oxygen atoms in total. The van der Waals surface area contributed by atoms with Crippen LogP contribution in [0, 0.1) is 11.3 Å². The molecule has 0 heterocycles. The number of rotatable bonds is 4. The van der Waals surface area contributed by atoms with Gasteiger partial charge in [0.15, 0.2) is 6.10 Å². The van der Waals surface area contributed by atoms with Crippen LogP contribution in [-0.4, -0.2) is 23.1 Å². The van der Waals surface area contributed by atoms with Crippen LogP contribution in [0.25, 0.3) is 0 Å². The molecule has 0 aliphatic heterocycles. The molecule has 6 heteroatoms. The normalized spacial score (nSPS) is 11.1. The smallest absolute Gasteiger partial charge is 0.338 e. The van der Waals surface area contributed by atoms with E-state index in [2.05, 4.69) is 5.32 Å². The van der Waals surface area contributed by atoms with Crippen molar-refractivity contribution in [1.82, 2.24) is 0 Å². The maximum absolute atomic E-state index is 12.1. The molecule has 0 saturated carbocycles. The number of ether oxygens (including phenoxy) is 1. The van der Waals surface area contributed by atoms with Gasteiger partial charge in [0.25, 0.3) is 5.91 Å². The van der Waals surface area contributed by atoms with Crippen LogP contribution in [0.2, 0.25) is 0 Å². The van der Waals surface area contributed by atoms with Crippen LogP contribution in [-0.2, 0) is 9.53 Å². The number of carbonyl (C=O) groups excluding carboxylic acids is 2. The molecule has 1 atom stereocenters. The predicted octanol–water partition coefficient (Wildman–Crippen LogP) is 2.45. The summed E-state index contributed by atoms with van der Waals surface area (Å²) < 4.78 is 5.07. The van der Waals surface area contributed by atoms with Crippen molar-refractivity contribution in [3.8, 4) is 11.8 Å². The van der Waals surface area contributed by atoms with E-state index >= 15 is 0 Å². The van der Waals surface area contributed by atoms with E-state index in [-0.39, 0.29) is 11.3 Å². The number of para-hydroxylation sites is 1. The quantitative estimate of drug-likeness (QED) is 0.845. The third kappa shape index (κ3) is 4.08. The lowest BCUT2D eigenvalue weighted by Crippen LogP contribution is -2.30. The number of phenols is 1. The van der Waals surface area contributed by atoms with Crippen LogP contribution >= 0.6 is 0 Å². The van der Waals surface area contributed by atoms with Gasteiger partial charge in [0, 0.05) is 0 Å². The van der Waals surface area contributed by atoms with Gasteiger partial charge in [-0.3, -0.25) is 4.79 Å². The van der Waals surface area contributed by atoms with Crippen molar-refractivity contribution in [3.05, 3.63) is 59.7 Å². The Kier molecular flexibility index (Phi) is 4.95. The van der Waals surface area contributed by atoms with E-state index in [9.17, 15) is 14.7 Å². The average molecular weight is 310 g/mol. The molecule has 0 fully saturated rings. The van der Waals surface area contributed by atoms with E-state index in [1.165, 1.54) is 31.2 Å². The van der Waals surface area contributed by atoms with Crippen molar-refractivity contribution in [2.75, 3.05) is 5.32 Å². The molecule has 2 N–H and O–H groups in total. The minimum Gasteiger partial charge on any atom is -0.508 e. The number of nitrogens with one attached hydrogen (secondary N) is 1. The fourth-order valence-electron chi connectivity index (χ4n) is 1.80. The number of anilines is 1. The Morgan fingerprint density at radius 1 is 1.17 bits per heavy atom. The van der Waals surface area contributed by atoms with Crippen molar-refractivity contribution >= 4 is 17.6 Å². The molecular formula is C17H14N2O4. The fraction of sp³-hybridized carbons (Fsp3) is 0.118. The first-order valence-corrected chi connectivity index (χ1v) is 6.81. The second-order valence-electron chi connectivity index (χ2n) is 4.74. The monoisotopic (exact) mass is 310 g/mol. The van der Waals surface area contributed by atoms with Gasteiger partial charge in [0.1, 0.15) is 11.8 Å². The number of esters is 1. The molecule has 0 bridgehead atoms. The first-order chi connectivity index (χ1) is 11.0. The molecule has 0 spiro atoms. The van der Waals surface area contributed by atoms with Crippen molar-refractivity contribution in [1.29, 1.82) is 5.26 Å². The molecular weight excluding hydrogens is 296 g/mol. The molecule has 0 aliphatic carbocycles. The van der Waals surface area contributed by atoms with Crippen LogP contribution in [0.5, 0.6) is 5.75 Å². The Labute approximate surface area is 132 Å². The van der Waals surface area contributed by atoms with E-state index in [0.29, 0.717) is 11.3 Å². The summed E-state index contributed by atoms with van der Waals surface area (Å²) in [4.78, 5) is 24.0. The summed E-state index contributed by atoms with van der Waals surface area (Å²) in [6.45, 7) is 1.43. The molecule has 2 aromatic carbocycles. The first kappa shape index (κ1) is 16.0. The summed E-state index contributed by atoms with van der Waals surface area (Å²) in [5, 5.41) is 20.7. The van der Waals surface area contributed by atoms with Crippen molar-refractivity contribution in [2.45, 2.75) is 13.0 Å². The first-order valence-electron chi connectivity index (χ1n) is 6.81. The van der Waals surface area contributed by atoms with Gasteiger partial charge in [-0.2, -0.15) is 5.26 Å². The Hall–Kier alpha value is -3.33. The van der Waals surface area contributed by atoms with Gasteiger partial charge in [-0.1, -0.05) is 12.1 Å². The van der Waals surface area contributed by atoms with Crippen molar-refractivity contribution in [3.63, 3.8) is 0 Å². The Morgan fingerprint density at radius 2 is 1.83 bits per heavy atom. The van der Waals surface area contributed by atoms with Gasteiger partial charge in [-0.25, -0.2) is 4.79 Å². The lowest BCUT2D eigenvalue weighted by molar-refractivity contribution is -0.123. The van der Waals surface area contributed by atoms with Crippen LogP contribution in [0.3, 0.4) is 0 Å². The molecule has 23 heavy (non-hydrogen) atoms. The van der Waals surface area contributed by atoms with E-state index in [4.69, 9.17) is 10.00 Å². The molecule has 0 radical (unpaired) electrons. The van der Waals surface area contributed by atoms with Gasteiger partial charge >= 0.3 is 5.97 Å². The van der Waals surface area contributed by atoms with E-state index in [0.717, 1.165) is 0 Å². The number of carbonyl (C=O) groups is 2. The summed E-state index contributed by atoms with van der Waals surface area (Å²) in [6, 6.07) is 14.0. The Bertz CT molecular complexity index is 763. The van der Waals surface area contributed by atoms with Gasteiger partial charge < -0.3 is 15.2 Å². The Morgan fingerprint density at radius 3 is 2.48 bits per heavy atom. The highest BCUT2D eigenvalue weighted by Crippen LogP contribution is 2.15. The molecule has 0 saturated heterocycles. The van der Waals surface area contributed by atoms with Crippen LogP contribution in [0.4, 0.5) is 5.69 Å². The highest BCUT2D eigenvalue weighted by Gasteiger charge is 2.19. The van der Waals surface area contributed by atoms with Crippen LogP contribution in [0.1, 0.15) is 22.8 Å². The molecule has 116 valence electrons. The molecule has 0 unspecified atom stereocenters. The SMILES string of the molecule is C[C@H](OC(=O)c1ccc(O)cc1)C(=O)Nc1ccccc1C#N. The van der Waals surface area contributed by atoms with Gasteiger partial charge in [-0.05, 0) is 43.3 Å². The number of phenolic OH excluding ortho intramolecular Hbond substituents is 1. The maximum atomic E-state index is 12.1. The Balaban J connectivity index is 2.01. The molecule has 0 aliphatic rings. The van der Waals surface area contributed by atoms with E-state index in [1.54, 1.807) is 24.3 Å². The summed E-state index contributed by atoms with van der Waals surface area (Å²) in [6.07, 6.45) is -1.04.